The lowest BCUT2D eigenvalue weighted by Gasteiger charge is -2.00. The zero-order chi connectivity index (χ0) is 12.1. The fourth-order valence-electron chi connectivity index (χ4n) is 1.32. The molecular weight excluding hydrogens is 222 g/mol. The first-order valence-electron chi connectivity index (χ1n) is 5.02. The fourth-order valence-corrected chi connectivity index (χ4v) is 1.32. The van der Waals surface area contributed by atoms with E-state index in [1.54, 1.807) is 12.3 Å². The summed E-state index contributed by atoms with van der Waals surface area (Å²) in [5.74, 6) is -0.410. The molecule has 0 bridgehead atoms. The first-order chi connectivity index (χ1) is 8.25. The van der Waals surface area contributed by atoms with Gasteiger partial charge in [0.2, 0.25) is 0 Å². The van der Waals surface area contributed by atoms with Gasteiger partial charge in [-0.1, -0.05) is 0 Å². The number of aromatic nitrogens is 2. The van der Waals surface area contributed by atoms with Crippen molar-refractivity contribution in [1.82, 2.24) is 15.3 Å². The molecule has 2 N–H and O–H groups in total. The number of carboxylic acid groups (broad SMARTS) is 1. The molecule has 0 aliphatic heterocycles. The van der Waals surface area contributed by atoms with Crippen LogP contribution < -0.4 is 5.32 Å². The number of nitrogens with zero attached hydrogens (tertiary/aromatic N) is 2. The van der Waals surface area contributed by atoms with Crippen molar-refractivity contribution < 1.29 is 14.3 Å². The second-order valence-electron chi connectivity index (χ2n) is 3.41. The van der Waals surface area contributed by atoms with E-state index in [1.165, 1.54) is 18.7 Å². The molecule has 0 radical (unpaired) electrons. The van der Waals surface area contributed by atoms with Crippen LogP contribution in [0.15, 0.2) is 35.3 Å². The Bertz CT molecular complexity index is 496. The number of hydrogen-bond donors (Lipinski definition) is 2. The van der Waals surface area contributed by atoms with Gasteiger partial charge in [-0.2, -0.15) is 0 Å². The monoisotopic (exact) mass is 233 g/mol. The highest BCUT2D eigenvalue weighted by molar-refractivity contribution is 5.87. The highest BCUT2D eigenvalue weighted by Gasteiger charge is 2.07. The van der Waals surface area contributed by atoms with Crippen LogP contribution in [-0.2, 0) is 13.1 Å². The van der Waals surface area contributed by atoms with Crippen molar-refractivity contribution in [2.24, 2.45) is 0 Å². The summed E-state index contributed by atoms with van der Waals surface area (Å²) in [6.07, 6.45) is 4.37. The van der Waals surface area contributed by atoms with Gasteiger partial charge in [0.05, 0.1) is 17.8 Å². The number of nitrogens with one attached hydrogen (secondary N) is 1. The minimum atomic E-state index is -0.990. The second-order valence-corrected chi connectivity index (χ2v) is 3.41. The zero-order valence-corrected chi connectivity index (χ0v) is 8.96. The topological polar surface area (TPSA) is 88.2 Å². The molecule has 17 heavy (non-hydrogen) atoms. The molecule has 0 aliphatic rings. The van der Waals surface area contributed by atoms with Crippen molar-refractivity contribution in [2.45, 2.75) is 13.1 Å². The van der Waals surface area contributed by atoms with Crippen molar-refractivity contribution in [3.8, 4) is 0 Å². The molecule has 6 heteroatoms. The van der Waals surface area contributed by atoms with Gasteiger partial charge in [-0.05, 0) is 12.1 Å². The Labute approximate surface area is 97.3 Å². The Morgan fingerprint density at radius 3 is 3.00 bits per heavy atom. The summed E-state index contributed by atoms with van der Waals surface area (Å²) in [7, 11) is 0. The Kier molecular flexibility index (Phi) is 3.46. The Morgan fingerprint density at radius 2 is 2.35 bits per heavy atom. The number of furan rings is 1. The van der Waals surface area contributed by atoms with E-state index in [4.69, 9.17) is 9.52 Å². The smallest absolute Gasteiger partial charge is 0.338 e. The third-order valence-corrected chi connectivity index (χ3v) is 2.15. The molecule has 0 aromatic carbocycles. The molecule has 2 rings (SSSR count). The normalized spacial score (nSPS) is 10.4. The predicted octanol–water partition coefficient (Wildman–Crippen LogP) is 1.06. The summed E-state index contributed by atoms with van der Waals surface area (Å²) in [4.78, 5) is 18.5. The third kappa shape index (κ3) is 3.12. The maximum absolute atomic E-state index is 10.6. The first kappa shape index (κ1) is 11.3. The maximum atomic E-state index is 10.6. The van der Waals surface area contributed by atoms with Gasteiger partial charge in [0.15, 0.2) is 0 Å². The van der Waals surface area contributed by atoms with Gasteiger partial charge in [0, 0.05) is 12.7 Å². The van der Waals surface area contributed by atoms with Gasteiger partial charge >= 0.3 is 5.97 Å². The lowest BCUT2D eigenvalue weighted by molar-refractivity contribution is 0.0696. The molecule has 0 aliphatic carbocycles. The SMILES string of the molecule is O=C(O)c1coc(CNCc2ccncn2)c1. The highest BCUT2D eigenvalue weighted by atomic mass is 16.4. The van der Waals surface area contributed by atoms with Crippen LogP contribution in [0.25, 0.3) is 0 Å². The van der Waals surface area contributed by atoms with E-state index in [1.807, 2.05) is 0 Å². The molecule has 0 atom stereocenters. The minimum Gasteiger partial charge on any atom is -0.478 e. The van der Waals surface area contributed by atoms with Gasteiger partial charge in [0.25, 0.3) is 0 Å². The Balaban J connectivity index is 1.84. The first-order valence-corrected chi connectivity index (χ1v) is 5.02. The zero-order valence-electron chi connectivity index (χ0n) is 8.96. The van der Waals surface area contributed by atoms with Crippen LogP contribution in [-0.4, -0.2) is 21.0 Å². The predicted molar refractivity (Wildman–Crippen MR) is 58.2 cm³/mol. The van der Waals surface area contributed by atoms with Gasteiger partial charge in [-0.25, -0.2) is 14.8 Å². The Morgan fingerprint density at radius 1 is 1.47 bits per heavy atom. The largest absolute Gasteiger partial charge is 0.478 e. The molecule has 6 nitrogen and oxygen atoms in total. The van der Waals surface area contributed by atoms with E-state index < -0.39 is 5.97 Å². The van der Waals surface area contributed by atoms with E-state index in [0.29, 0.717) is 18.8 Å². The molecule has 88 valence electrons. The number of carboxylic acids is 1. The van der Waals surface area contributed by atoms with Crippen molar-refractivity contribution in [2.75, 3.05) is 0 Å². The molecule has 0 fully saturated rings. The molecule has 0 unspecified atom stereocenters. The minimum absolute atomic E-state index is 0.156. The van der Waals surface area contributed by atoms with Crippen molar-refractivity contribution in [1.29, 1.82) is 0 Å². The Hall–Kier alpha value is -2.21. The summed E-state index contributed by atoms with van der Waals surface area (Å²) in [6, 6.07) is 3.30. The number of rotatable bonds is 5. The van der Waals surface area contributed by atoms with Crippen LogP contribution in [0.1, 0.15) is 21.8 Å². The van der Waals surface area contributed by atoms with E-state index in [9.17, 15) is 4.79 Å². The van der Waals surface area contributed by atoms with Crippen LogP contribution in [0, 0.1) is 0 Å². The number of carbonyl (C=O) groups is 1. The average Bonchev–Trinajstić information content (AvgIpc) is 2.79. The summed E-state index contributed by atoms with van der Waals surface area (Å²) >= 11 is 0. The summed E-state index contributed by atoms with van der Waals surface area (Å²) in [6.45, 7) is 1.03. The number of hydrogen-bond acceptors (Lipinski definition) is 5. The fraction of sp³-hybridized carbons (Fsp3) is 0.182. The lowest BCUT2D eigenvalue weighted by atomic mass is 10.3. The van der Waals surface area contributed by atoms with E-state index in [0.717, 1.165) is 5.69 Å². The lowest BCUT2D eigenvalue weighted by Crippen LogP contribution is -2.13. The van der Waals surface area contributed by atoms with Gasteiger partial charge < -0.3 is 14.8 Å². The number of aromatic carboxylic acids is 1. The molecule has 0 saturated carbocycles. The standard InChI is InChI=1S/C11H11N3O3/c15-11(16)8-3-10(17-6-8)5-13-4-9-1-2-12-7-14-9/h1-3,6-7,13H,4-5H2,(H,15,16). The van der Waals surface area contributed by atoms with Crippen LogP contribution in [0.2, 0.25) is 0 Å². The van der Waals surface area contributed by atoms with Gasteiger partial charge in [-0.15, -0.1) is 0 Å². The van der Waals surface area contributed by atoms with Crippen LogP contribution >= 0.6 is 0 Å². The summed E-state index contributed by atoms with van der Waals surface area (Å²) < 4.78 is 5.09. The van der Waals surface area contributed by atoms with Crippen molar-refractivity contribution in [3.05, 3.63) is 47.9 Å². The molecule has 2 aromatic heterocycles. The summed E-state index contributed by atoms with van der Waals surface area (Å²) in [5.41, 5.74) is 1.02. The molecular formula is C11H11N3O3. The van der Waals surface area contributed by atoms with E-state index >= 15 is 0 Å². The van der Waals surface area contributed by atoms with E-state index in [2.05, 4.69) is 15.3 Å². The summed E-state index contributed by atoms with van der Waals surface area (Å²) in [5, 5.41) is 11.8. The second kappa shape index (κ2) is 5.22. The van der Waals surface area contributed by atoms with Crippen LogP contribution in [0.4, 0.5) is 0 Å². The molecule has 2 aromatic rings. The average molecular weight is 233 g/mol. The maximum Gasteiger partial charge on any atom is 0.338 e. The van der Waals surface area contributed by atoms with Crippen molar-refractivity contribution in [3.63, 3.8) is 0 Å². The quantitative estimate of drug-likeness (QED) is 0.802. The van der Waals surface area contributed by atoms with Crippen LogP contribution in [0.3, 0.4) is 0 Å². The highest BCUT2D eigenvalue weighted by Crippen LogP contribution is 2.07. The van der Waals surface area contributed by atoms with Gasteiger partial charge in [-0.3, -0.25) is 0 Å². The molecule has 0 amide bonds. The third-order valence-electron chi connectivity index (χ3n) is 2.15. The van der Waals surface area contributed by atoms with Gasteiger partial charge in [0.1, 0.15) is 18.4 Å². The molecule has 0 spiro atoms. The van der Waals surface area contributed by atoms with Crippen LogP contribution in [0.5, 0.6) is 0 Å². The molecule has 0 saturated heterocycles. The molecule has 2 heterocycles. The van der Waals surface area contributed by atoms with Crippen molar-refractivity contribution >= 4 is 5.97 Å². The van der Waals surface area contributed by atoms with E-state index in [-0.39, 0.29) is 5.56 Å².